The van der Waals surface area contributed by atoms with Gasteiger partial charge in [0, 0.05) is 12.5 Å². The fourth-order valence-corrected chi connectivity index (χ4v) is 3.38. The van der Waals surface area contributed by atoms with Crippen LogP contribution in [-0.4, -0.2) is 34.4 Å². The molecular formula is C13H23N3O2. The van der Waals surface area contributed by atoms with Crippen LogP contribution in [-0.2, 0) is 4.79 Å². The number of oxime groups is 1. The molecule has 1 atom stereocenters. The van der Waals surface area contributed by atoms with Crippen LogP contribution >= 0.6 is 0 Å². The minimum atomic E-state index is -0.227. The standard InChI is InChI=1S/C13H23N3O2/c1-12(2)9(13(12,3)4)11(17)16-7-5-6-8(16)10(14)15-18/h8-9,18H,5-7H2,1-4H3,(H2,14,15). The molecule has 1 aliphatic heterocycles. The van der Waals surface area contributed by atoms with E-state index in [9.17, 15) is 4.79 Å². The van der Waals surface area contributed by atoms with Gasteiger partial charge in [-0.2, -0.15) is 0 Å². The lowest BCUT2D eigenvalue weighted by atomic mass is 10.0. The van der Waals surface area contributed by atoms with Crippen molar-refractivity contribution in [2.75, 3.05) is 6.54 Å². The van der Waals surface area contributed by atoms with E-state index in [1.165, 1.54) is 0 Å². The Hall–Kier alpha value is -1.26. The summed E-state index contributed by atoms with van der Waals surface area (Å²) in [6, 6.07) is -0.227. The van der Waals surface area contributed by atoms with Crippen LogP contribution in [0.15, 0.2) is 5.16 Å². The van der Waals surface area contributed by atoms with Crippen LogP contribution in [0.3, 0.4) is 0 Å². The van der Waals surface area contributed by atoms with E-state index in [1.807, 2.05) is 0 Å². The zero-order chi connectivity index (χ0) is 13.7. The molecular weight excluding hydrogens is 230 g/mol. The second-order valence-corrected chi connectivity index (χ2v) is 6.59. The second-order valence-electron chi connectivity index (χ2n) is 6.59. The molecule has 0 aromatic heterocycles. The maximum Gasteiger partial charge on any atom is 0.227 e. The van der Waals surface area contributed by atoms with Gasteiger partial charge in [0.15, 0.2) is 5.84 Å². The molecule has 0 aromatic carbocycles. The molecule has 1 unspecified atom stereocenters. The fourth-order valence-electron chi connectivity index (χ4n) is 3.38. The quantitative estimate of drug-likeness (QED) is 0.338. The van der Waals surface area contributed by atoms with E-state index in [0.29, 0.717) is 6.54 Å². The third-order valence-corrected chi connectivity index (χ3v) is 5.26. The van der Waals surface area contributed by atoms with Gasteiger partial charge in [-0.15, -0.1) is 0 Å². The van der Waals surface area contributed by atoms with E-state index in [1.54, 1.807) is 4.90 Å². The van der Waals surface area contributed by atoms with Gasteiger partial charge in [-0.05, 0) is 23.7 Å². The fraction of sp³-hybridized carbons (Fsp3) is 0.846. The average Bonchev–Trinajstić information content (AvgIpc) is 2.70. The van der Waals surface area contributed by atoms with Gasteiger partial charge < -0.3 is 15.8 Å². The predicted octanol–water partition coefficient (Wildman–Crippen LogP) is 1.41. The number of amides is 1. The van der Waals surface area contributed by atoms with Gasteiger partial charge in [-0.25, -0.2) is 0 Å². The van der Waals surface area contributed by atoms with E-state index in [4.69, 9.17) is 10.9 Å². The molecule has 1 heterocycles. The van der Waals surface area contributed by atoms with Gasteiger partial charge in [-0.1, -0.05) is 32.9 Å². The molecule has 2 fully saturated rings. The molecule has 1 saturated carbocycles. The third-order valence-electron chi connectivity index (χ3n) is 5.26. The van der Waals surface area contributed by atoms with Gasteiger partial charge in [0.05, 0.1) is 6.04 Å². The largest absolute Gasteiger partial charge is 0.409 e. The summed E-state index contributed by atoms with van der Waals surface area (Å²) >= 11 is 0. The van der Waals surface area contributed by atoms with Crippen molar-refractivity contribution in [3.63, 3.8) is 0 Å². The van der Waals surface area contributed by atoms with Crippen molar-refractivity contribution in [1.29, 1.82) is 0 Å². The summed E-state index contributed by atoms with van der Waals surface area (Å²) in [7, 11) is 0. The van der Waals surface area contributed by atoms with Crippen LogP contribution in [0.2, 0.25) is 0 Å². The number of nitrogens with zero attached hydrogens (tertiary/aromatic N) is 2. The number of nitrogens with two attached hydrogens (primary N) is 1. The minimum absolute atomic E-state index is 0.0301. The van der Waals surface area contributed by atoms with Gasteiger partial charge in [0.2, 0.25) is 5.91 Å². The Balaban J connectivity index is 2.16. The highest BCUT2D eigenvalue weighted by Crippen LogP contribution is 2.69. The normalized spacial score (nSPS) is 30.6. The predicted molar refractivity (Wildman–Crippen MR) is 69.2 cm³/mol. The lowest BCUT2D eigenvalue weighted by Crippen LogP contribution is -2.45. The van der Waals surface area contributed by atoms with Crippen molar-refractivity contribution in [1.82, 2.24) is 4.90 Å². The van der Waals surface area contributed by atoms with E-state index >= 15 is 0 Å². The van der Waals surface area contributed by atoms with Gasteiger partial charge in [0.25, 0.3) is 0 Å². The van der Waals surface area contributed by atoms with Crippen molar-refractivity contribution in [2.24, 2.45) is 27.6 Å². The smallest absolute Gasteiger partial charge is 0.227 e. The summed E-state index contributed by atoms with van der Waals surface area (Å²) < 4.78 is 0. The molecule has 1 saturated heterocycles. The van der Waals surface area contributed by atoms with Crippen molar-refractivity contribution >= 4 is 11.7 Å². The average molecular weight is 253 g/mol. The Kier molecular flexibility index (Phi) is 2.83. The van der Waals surface area contributed by atoms with Crippen LogP contribution in [0, 0.1) is 16.7 Å². The molecule has 0 aromatic rings. The number of hydrogen-bond acceptors (Lipinski definition) is 3. The first-order chi connectivity index (χ1) is 8.25. The molecule has 1 aliphatic carbocycles. The summed E-state index contributed by atoms with van der Waals surface area (Å²) in [4.78, 5) is 14.4. The lowest BCUT2D eigenvalue weighted by Gasteiger charge is -2.24. The second kappa shape index (κ2) is 3.87. The van der Waals surface area contributed by atoms with Crippen molar-refractivity contribution in [3.05, 3.63) is 0 Å². The van der Waals surface area contributed by atoms with Crippen LogP contribution < -0.4 is 5.73 Å². The Labute approximate surface area is 108 Å². The number of rotatable bonds is 2. The molecule has 0 spiro atoms. The van der Waals surface area contributed by atoms with Crippen molar-refractivity contribution in [3.8, 4) is 0 Å². The van der Waals surface area contributed by atoms with Crippen molar-refractivity contribution < 1.29 is 10.0 Å². The maximum absolute atomic E-state index is 12.6. The van der Waals surface area contributed by atoms with Crippen LogP contribution in [0.25, 0.3) is 0 Å². The van der Waals surface area contributed by atoms with Gasteiger partial charge in [0.1, 0.15) is 0 Å². The molecule has 5 nitrogen and oxygen atoms in total. The number of amidine groups is 1. The lowest BCUT2D eigenvalue weighted by molar-refractivity contribution is -0.133. The summed E-state index contributed by atoms with van der Waals surface area (Å²) in [6.07, 6.45) is 1.70. The first-order valence-electron chi connectivity index (χ1n) is 6.53. The van der Waals surface area contributed by atoms with Crippen molar-refractivity contribution in [2.45, 2.75) is 46.6 Å². The molecule has 0 radical (unpaired) electrons. The first kappa shape index (κ1) is 13.2. The zero-order valence-corrected chi connectivity index (χ0v) is 11.6. The van der Waals surface area contributed by atoms with E-state index < -0.39 is 0 Å². The van der Waals surface area contributed by atoms with Crippen LogP contribution in [0.1, 0.15) is 40.5 Å². The molecule has 5 heteroatoms. The summed E-state index contributed by atoms with van der Waals surface area (Å²) in [6.45, 7) is 9.23. The Morgan fingerprint density at radius 1 is 1.33 bits per heavy atom. The Bertz CT molecular complexity index is 387. The molecule has 1 amide bonds. The highest BCUT2D eigenvalue weighted by molar-refractivity contribution is 5.92. The zero-order valence-electron chi connectivity index (χ0n) is 11.6. The SMILES string of the molecule is CC1(C)C(C(=O)N2CCCC2C(N)=NO)C1(C)C. The summed E-state index contributed by atoms with van der Waals surface area (Å²) in [5.74, 6) is 0.341. The first-order valence-corrected chi connectivity index (χ1v) is 6.53. The van der Waals surface area contributed by atoms with Crippen LogP contribution in [0.5, 0.6) is 0 Å². The van der Waals surface area contributed by atoms with E-state index in [-0.39, 0.29) is 34.5 Å². The monoisotopic (exact) mass is 253 g/mol. The number of carbonyl (C=O) groups is 1. The van der Waals surface area contributed by atoms with E-state index in [2.05, 4.69) is 32.9 Å². The van der Waals surface area contributed by atoms with E-state index in [0.717, 1.165) is 12.8 Å². The molecule has 2 aliphatic rings. The summed E-state index contributed by atoms with van der Waals surface area (Å²) in [5.41, 5.74) is 5.73. The molecule has 102 valence electrons. The molecule has 2 rings (SSSR count). The highest BCUT2D eigenvalue weighted by atomic mass is 16.4. The Morgan fingerprint density at radius 3 is 2.33 bits per heavy atom. The molecule has 3 N–H and O–H groups in total. The topological polar surface area (TPSA) is 78.9 Å². The maximum atomic E-state index is 12.6. The highest BCUT2D eigenvalue weighted by Gasteiger charge is 2.69. The molecule has 0 bridgehead atoms. The minimum Gasteiger partial charge on any atom is -0.409 e. The third kappa shape index (κ3) is 1.60. The number of hydrogen-bond donors (Lipinski definition) is 2. The van der Waals surface area contributed by atoms with Gasteiger partial charge in [-0.3, -0.25) is 4.79 Å². The van der Waals surface area contributed by atoms with Gasteiger partial charge >= 0.3 is 0 Å². The van der Waals surface area contributed by atoms with Crippen LogP contribution in [0.4, 0.5) is 0 Å². The number of carbonyl (C=O) groups excluding carboxylic acids is 1. The molecule has 18 heavy (non-hydrogen) atoms. The Morgan fingerprint density at radius 2 is 1.89 bits per heavy atom. The summed E-state index contributed by atoms with van der Waals surface area (Å²) in [5, 5.41) is 11.8. The number of likely N-dealkylation sites (tertiary alicyclic amines) is 1.